The standard InChI is InChI=1S/C10H7N3O3/c11-12-10-8-3-2-7(13(15)16)5-6(8)1-4-9(10)14/h1-5,9,14H. The molecule has 6 heteroatoms. The Morgan fingerprint density at radius 2 is 2.25 bits per heavy atom. The lowest BCUT2D eigenvalue weighted by Gasteiger charge is -2.09. The molecule has 0 heterocycles. The van der Waals surface area contributed by atoms with Crippen LogP contribution >= 0.6 is 0 Å². The smallest absolute Gasteiger partial charge is 0.331 e. The summed E-state index contributed by atoms with van der Waals surface area (Å²) in [6.07, 6.45) is 1.97. The zero-order chi connectivity index (χ0) is 11.7. The molecule has 1 unspecified atom stereocenters. The summed E-state index contributed by atoms with van der Waals surface area (Å²) in [4.78, 5) is 13.0. The van der Waals surface area contributed by atoms with Gasteiger partial charge in [0.15, 0.2) is 6.10 Å². The van der Waals surface area contributed by atoms with Gasteiger partial charge in [0, 0.05) is 12.1 Å². The Bertz CT molecular complexity index is 544. The average molecular weight is 217 g/mol. The van der Waals surface area contributed by atoms with E-state index < -0.39 is 11.0 Å². The molecule has 6 nitrogen and oxygen atoms in total. The number of benzene rings is 1. The summed E-state index contributed by atoms with van der Waals surface area (Å²) in [6.45, 7) is 0. The van der Waals surface area contributed by atoms with Crippen LogP contribution in [0.5, 0.6) is 0 Å². The largest absolute Gasteiger partial charge is 0.377 e. The van der Waals surface area contributed by atoms with E-state index in [9.17, 15) is 15.2 Å². The van der Waals surface area contributed by atoms with Crippen molar-refractivity contribution < 1.29 is 14.8 Å². The van der Waals surface area contributed by atoms with E-state index in [1.54, 1.807) is 6.08 Å². The molecule has 1 N–H and O–H groups in total. The summed E-state index contributed by atoms with van der Waals surface area (Å²) >= 11 is 0. The van der Waals surface area contributed by atoms with Gasteiger partial charge in [-0.2, -0.15) is 4.79 Å². The molecule has 0 aliphatic heterocycles. The van der Waals surface area contributed by atoms with Gasteiger partial charge in [0.2, 0.25) is 0 Å². The van der Waals surface area contributed by atoms with Gasteiger partial charge in [-0.15, -0.1) is 0 Å². The molecule has 1 aromatic rings. The van der Waals surface area contributed by atoms with Crippen molar-refractivity contribution in [3.8, 4) is 0 Å². The molecule has 1 aromatic carbocycles. The highest BCUT2D eigenvalue weighted by Gasteiger charge is 2.27. The van der Waals surface area contributed by atoms with Gasteiger partial charge in [-0.1, -0.05) is 6.08 Å². The molecule has 0 spiro atoms. The third-order valence-electron chi connectivity index (χ3n) is 2.37. The van der Waals surface area contributed by atoms with Crippen LogP contribution in [0.25, 0.3) is 11.6 Å². The molecule has 0 radical (unpaired) electrons. The molecule has 0 fully saturated rings. The first-order valence-corrected chi connectivity index (χ1v) is 4.50. The van der Waals surface area contributed by atoms with E-state index in [-0.39, 0.29) is 11.4 Å². The number of non-ortho nitro benzene ring substituents is 1. The monoisotopic (exact) mass is 217 g/mol. The predicted octanol–water partition coefficient (Wildman–Crippen LogP) is 1.00. The van der Waals surface area contributed by atoms with E-state index >= 15 is 0 Å². The molecule has 0 saturated heterocycles. The molecule has 80 valence electrons. The molecular weight excluding hydrogens is 210 g/mol. The molecule has 1 aliphatic carbocycles. The molecule has 1 atom stereocenters. The Balaban J connectivity index is 2.61. The van der Waals surface area contributed by atoms with Crippen LogP contribution in [-0.4, -0.2) is 26.6 Å². The Labute approximate surface area is 90.2 Å². The normalized spacial score (nSPS) is 17.8. The highest BCUT2D eigenvalue weighted by atomic mass is 16.6. The second kappa shape index (κ2) is 3.69. The van der Waals surface area contributed by atoms with Crippen molar-refractivity contribution in [3.05, 3.63) is 51.0 Å². The minimum absolute atomic E-state index is 0.0444. The average Bonchev–Trinajstić information content (AvgIpc) is 2.28. The van der Waals surface area contributed by atoms with Crippen LogP contribution in [0, 0.1) is 10.1 Å². The summed E-state index contributed by atoms with van der Waals surface area (Å²) in [6, 6.07) is 4.12. The maximum atomic E-state index is 10.6. The number of hydrogen-bond donors (Lipinski definition) is 1. The first kappa shape index (κ1) is 10.2. The number of hydrogen-bond acceptors (Lipinski definition) is 3. The topological polar surface area (TPSA) is 99.8 Å². The van der Waals surface area contributed by atoms with Crippen LogP contribution in [0.1, 0.15) is 11.1 Å². The molecule has 0 bridgehead atoms. The molecular formula is C10H7N3O3. The van der Waals surface area contributed by atoms with E-state index in [1.165, 1.54) is 24.3 Å². The summed E-state index contributed by atoms with van der Waals surface area (Å²) in [7, 11) is 0. The van der Waals surface area contributed by atoms with Gasteiger partial charge in [0.05, 0.1) is 10.5 Å². The predicted molar refractivity (Wildman–Crippen MR) is 55.9 cm³/mol. The number of aliphatic hydroxyl groups is 1. The fourth-order valence-corrected chi connectivity index (χ4v) is 1.59. The minimum Gasteiger partial charge on any atom is -0.377 e. The van der Waals surface area contributed by atoms with Gasteiger partial charge in [0.1, 0.15) is 0 Å². The van der Waals surface area contributed by atoms with E-state index in [2.05, 4.69) is 4.79 Å². The number of rotatable bonds is 1. The van der Waals surface area contributed by atoms with Gasteiger partial charge in [-0.05, 0) is 17.7 Å². The lowest BCUT2D eigenvalue weighted by atomic mass is 9.93. The van der Waals surface area contributed by atoms with E-state index in [4.69, 9.17) is 5.53 Å². The van der Waals surface area contributed by atoms with Crippen molar-refractivity contribution >= 4 is 17.5 Å². The van der Waals surface area contributed by atoms with Crippen molar-refractivity contribution in [2.45, 2.75) is 6.10 Å². The van der Waals surface area contributed by atoms with Crippen LogP contribution < -0.4 is 0 Å². The Morgan fingerprint density at radius 1 is 1.50 bits per heavy atom. The first-order chi connectivity index (χ1) is 7.63. The number of nitro benzene ring substituents is 1. The lowest BCUT2D eigenvalue weighted by Crippen LogP contribution is -2.23. The molecule has 0 saturated carbocycles. The molecule has 16 heavy (non-hydrogen) atoms. The second-order valence-corrected chi connectivity index (χ2v) is 3.32. The number of nitro groups is 1. The maximum absolute atomic E-state index is 10.6. The highest BCUT2D eigenvalue weighted by molar-refractivity contribution is 6.06. The molecule has 1 aliphatic rings. The van der Waals surface area contributed by atoms with Gasteiger partial charge in [-0.3, -0.25) is 10.1 Å². The maximum Gasteiger partial charge on any atom is 0.331 e. The third kappa shape index (κ3) is 1.52. The van der Waals surface area contributed by atoms with Gasteiger partial charge in [-0.25, -0.2) is 0 Å². The molecule has 0 aromatic heterocycles. The number of nitrogens with zero attached hydrogens (tertiary/aromatic N) is 3. The lowest BCUT2D eigenvalue weighted by molar-refractivity contribution is -0.384. The Kier molecular flexibility index (Phi) is 2.36. The minimum atomic E-state index is -0.987. The fourth-order valence-electron chi connectivity index (χ4n) is 1.59. The van der Waals surface area contributed by atoms with Crippen LogP contribution in [0.15, 0.2) is 24.3 Å². The Morgan fingerprint density at radius 3 is 2.88 bits per heavy atom. The van der Waals surface area contributed by atoms with Gasteiger partial charge in [0.25, 0.3) is 5.69 Å². The number of fused-ring (bicyclic) bond motifs is 1. The summed E-state index contributed by atoms with van der Waals surface area (Å²) in [5.74, 6) is 0. The van der Waals surface area contributed by atoms with Crippen LogP contribution in [-0.2, 0) is 0 Å². The van der Waals surface area contributed by atoms with Crippen molar-refractivity contribution in [3.63, 3.8) is 0 Å². The van der Waals surface area contributed by atoms with Crippen molar-refractivity contribution in [1.29, 1.82) is 0 Å². The van der Waals surface area contributed by atoms with Crippen LogP contribution in [0.4, 0.5) is 5.69 Å². The van der Waals surface area contributed by atoms with E-state index in [1.807, 2.05) is 0 Å². The molecule has 2 rings (SSSR count). The van der Waals surface area contributed by atoms with Crippen LogP contribution in [0.3, 0.4) is 0 Å². The number of aliphatic hydroxyl groups excluding tert-OH is 1. The zero-order valence-corrected chi connectivity index (χ0v) is 8.07. The third-order valence-corrected chi connectivity index (χ3v) is 2.37. The first-order valence-electron chi connectivity index (χ1n) is 4.50. The van der Waals surface area contributed by atoms with Crippen molar-refractivity contribution in [1.82, 2.24) is 0 Å². The van der Waals surface area contributed by atoms with Crippen molar-refractivity contribution in [2.75, 3.05) is 0 Å². The van der Waals surface area contributed by atoms with Gasteiger partial charge < -0.3 is 10.6 Å². The second-order valence-electron chi connectivity index (χ2n) is 3.32. The highest BCUT2D eigenvalue weighted by Crippen LogP contribution is 2.23. The fraction of sp³-hybridized carbons (Fsp3) is 0.100. The zero-order valence-electron chi connectivity index (χ0n) is 8.07. The Hall–Kier alpha value is -2.30. The van der Waals surface area contributed by atoms with Crippen LogP contribution in [0.2, 0.25) is 0 Å². The quantitative estimate of drug-likeness (QED) is 0.328. The summed E-state index contributed by atoms with van der Waals surface area (Å²) in [5, 5.41) is 20.0. The molecule has 0 amide bonds. The van der Waals surface area contributed by atoms with Crippen molar-refractivity contribution in [2.24, 2.45) is 0 Å². The SMILES string of the molecule is [N-]=[N+]=C1c2ccc([N+](=O)[O-])cc2C=CC1O. The van der Waals surface area contributed by atoms with E-state index in [0.29, 0.717) is 11.1 Å². The van der Waals surface area contributed by atoms with Gasteiger partial charge >= 0.3 is 5.71 Å². The summed E-state index contributed by atoms with van der Waals surface area (Å²) < 4.78 is 0. The van der Waals surface area contributed by atoms with E-state index in [0.717, 1.165) is 0 Å². The summed E-state index contributed by atoms with van der Waals surface area (Å²) in [5.41, 5.74) is 9.83.